The van der Waals surface area contributed by atoms with E-state index in [4.69, 9.17) is 6.57 Å². The van der Waals surface area contributed by atoms with E-state index in [-0.39, 0.29) is 17.4 Å². The van der Waals surface area contributed by atoms with E-state index in [1.165, 1.54) is 6.33 Å². The number of nitrogens with zero attached hydrogens (tertiary/aromatic N) is 5. The quantitative estimate of drug-likeness (QED) is 0.732. The van der Waals surface area contributed by atoms with Gasteiger partial charge in [0.15, 0.2) is 5.69 Å². The number of anilines is 2. The van der Waals surface area contributed by atoms with Gasteiger partial charge in [0.05, 0.1) is 12.0 Å². The van der Waals surface area contributed by atoms with Gasteiger partial charge in [-0.05, 0) is 24.6 Å². The second-order valence-electron chi connectivity index (χ2n) is 6.31. The minimum atomic E-state index is -0.716. The van der Waals surface area contributed by atoms with Gasteiger partial charge in [-0.3, -0.25) is 0 Å². The lowest BCUT2D eigenvalue weighted by Crippen LogP contribution is -2.35. The molecule has 3 aromatic rings. The lowest BCUT2D eigenvalue weighted by Gasteiger charge is -2.28. The topological polar surface area (TPSA) is 52.4 Å². The van der Waals surface area contributed by atoms with Crippen LogP contribution in [0.25, 0.3) is 15.9 Å². The molecule has 1 N–H and O–H groups in total. The predicted octanol–water partition coefficient (Wildman–Crippen LogP) is 3.50. The van der Waals surface area contributed by atoms with Crippen LogP contribution in [-0.2, 0) is 0 Å². The molecule has 1 fully saturated rings. The molecule has 1 atom stereocenters. The van der Waals surface area contributed by atoms with Crippen LogP contribution < -0.4 is 9.80 Å². The van der Waals surface area contributed by atoms with Gasteiger partial charge in [0.2, 0.25) is 0 Å². The number of nitrogens with one attached hydrogen (secondary N) is 1. The molecule has 3 heterocycles. The Kier molecular flexibility index (Phi) is 3.92. The number of hydrogen-bond donors (Lipinski definition) is 1. The Morgan fingerprint density at radius 2 is 2.08 bits per heavy atom. The lowest BCUT2D eigenvalue weighted by molar-refractivity contribution is 0.562. The summed E-state index contributed by atoms with van der Waals surface area (Å²) in [6.45, 7) is 8.24. The van der Waals surface area contributed by atoms with Crippen LogP contribution in [0, 0.1) is 18.2 Å². The molecule has 1 saturated heterocycles. The molecule has 1 aromatic carbocycles. The van der Waals surface area contributed by atoms with Gasteiger partial charge in [-0.15, -0.1) is 0 Å². The standard InChI is InChI=1S/C18H16F2N6/c1-21-11-7-14(19)16(15(20)8-11)25(2)12-4-6-26(9-12)18-13-3-5-22-17(13)23-10-24-18/h3,5,7-8,10,12H,4,6,9H2,2H3,(H,22,23,24)/t12-/m1/s1. The van der Waals surface area contributed by atoms with E-state index in [1.54, 1.807) is 11.9 Å². The third-order valence-electron chi connectivity index (χ3n) is 4.83. The van der Waals surface area contributed by atoms with E-state index in [1.807, 2.05) is 12.3 Å². The molecule has 4 rings (SSSR count). The second kappa shape index (κ2) is 6.26. The van der Waals surface area contributed by atoms with Crippen molar-refractivity contribution >= 4 is 28.2 Å². The highest BCUT2D eigenvalue weighted by molar-refractivity contribution is 5.87. The number of halogens is 2. The predicted molar refractivity (Wildman–Crippen MR) is 95.5 cm³/mol. The van der Waals surface area contributed by atoms with Crippen molar-refractivity contribution in [3.63, 3.8) is 0 Å². The van der Waals surface area contributed by atoms with Gasteiger partial charge in [-0.1, -0.05) is 0 Å². The molecule has 1 aliphatic heterocycles. The summed E-state index contributed by atoms with van der Waals surface area (Å²) in [7, 11) is 1.68. The molecule has 0 amide bonds. The van der Waals surface area contributed by atoms with Crippen molar-refractivity contribution in [3.05, 3.63) is 53.8 Å². The molecule has 2 aromatic heterocycles. The summed E-state index contributed by atoms with van der Waals surface area (Å²) in [6.07, 6.45) is 4.07. The van der Waals surface area contributed by atoms with Gasteiger partial charge < -0.3 is 14.8 Å². The molecule has 8 heteroatoms. The van der Waals surface area contributed by atoms with E-state index < -0.39 is 11.6 Å². The fraction of sp³-hybridized carbons (Fsp3) is 0.278. The van der Waals surface area contributed by atoms with Crippen molar-refractivity contribution < 1.29 is 8.78 Å². The third kappa shape index (κ3) is 2.62. The van der Waals surface area contributed by atoms with Crippen LogP contribution in [0.15, 0.2) is 30.7 Å². The minimum Gasteiger partial charge on any atom is -0.365 e. The van der Waals surface area contributed by atoms with Gasteiger partial charge in [-0.2, -0.15) is 0 Å². The highest BCUT2D eigenvalue weighted by Gasteiger charge is 2.30. The summed E-state index contributed by atoms with van der Waals surface area (Å²) in [5.74, 6) is -0.615. The molecule has 26 heavy (non-hydrogen) atoms. The number of rotatable bonds is 3. The van der Waals surface area contributed by atoms with E-state index in [9.17, 15) is 8.78 Å². The maximum Gasteiger partial charge on any atom is 0.193 e. The zero-order valence-electron chi connectivity index (χ0n) is 14.1. The van der Waals surface area contributed by atoms with Crippen LogP contribution >= 0.6 is 0 Å². The Morgan fingerprint density at radius 1 is 1.31 bits per heavy atom. The Bertz CT molecular complexity index is 985. The van der Waals surface area contributed by atoms with Crippen molar-refractivity contribution in [1.82, 2.24) is 15.0 Å². The van der Waals surface area contributed by atoms with Crippen molar-refractivity contribution in [2.75, 3.05) is 29.9 Å². The lowest BCUT2D eigenvalue weighted by atomic mass is 10.1. The van der Waals surface area contributed by atoms with Crippen molar-refractivity contribution in [3.8, 4) is 0 Å². The zero-order valence-corrected chi connectivity index (χ0v) is 14.1. The molecule has 0 bridgehead atoms. The molecule has 6 nitrogen and oxygen atoms in total. The first-order valence-corrected chi connectivity index (χ1v) is 8.21. The monoisotopic (exact) mass is 354 g/mol. The Morgan fingerprint density at radius 3 is 2.81 bits per heavy atom. The average molecular weight is 354 g/mol. The Hall–Kier alpha value is -3.21. The molecule has 0 unspecified atom stereocenters. The molecule has 132 valence electrons. The fourth-order valence-corrected chi connectivity index (χ4v) is 3.50. The van der Waals surface area contributed by atoms with Crippen LogP contribution in [0.1, 0.15) is 6.42 Å². The summed E-state index contributed by atoms with van der Waals surface area (Å²) in [4.78, 5) is 18.4. The van der Waals surface area contributed by atoms with Crippen molar-refractivity contribution in [2.24, 2.45) is 0 Å². The maximum absolute atomic E-state index is 14.3. The molecule has 0 aliphatic carbocycles. The normalized spacial score (nSPS) is 16.8. The Balaban J connectivity index is 1.59. The number of hydrogen-bond acceptors (Lipinski definition) is 4. The number of aromatic amines is 1. The summed E-state index contributed by atoms with van der Waals surface area (Å²) in [6, 6.07) is 4.00. The number of benzene rings is 1. The summed E-state index contributed by atoms with van der Waals surface area (Å²) >= 11 is 0. The average Bonchev–Trinajstić information content (AvgIpc) is 3.29. The highest BCUT2D eigenvalue weighted by Crippen LogP contribution is 2.32. The summed E-state index contributed by atoms with van der Waals surface area (Å²) < 4.78 is 28.7. The smallest absolute Gasteiger partial charge is 0.193 e. The van der Waals surface area contributed by atoms with Crippen LogP contribution in [0.3, 0.4) is 0 Å². The van der Waals surface area contributed by atoms with E-state index in [2.05, 4.69) is 24.7 Å². The van der Waals surface area contributed by atoms with Crippen molar-refractivity contribution in [2.45, 2.75) is 12.5 Å². The highest BCUT2D eigenvalue weighted by atomic mass is 19.1. The van der Waals surface area contributed by atoms with E-state index >= 15 is 0 Å². The first kappa shape index (κ1) is 16.3. The number of aromatic nitrogens is 3. The number of likely N-dealkylation sites (N-methyl/N-ethyl adjacent to an activating group) is 1. The molecule has 1 aliphatic rings. The molecule has 0 spiro atoms. The summed E-state index contributed by atoms with van der Waals surface area (Å²) in [5, 5.41) is 0.926. The molecular weight excluding hydrogens is 338 g/mol. The molecular formula is C18H16F2N6. The molecule has 0 saturated carbocycles. The van der Waals surface area contributed by atoms with E-state index in [0.717, 1.165) is 41.9 Å². The first-order chi connectivity index (χ1) is 12.6. The second-order valence-corrected chi connectivity index (χ2v) is 6.31. The fourth-order valence-electron chi connectivity index (χ4n) is 3.50. The van der Waals surface area contributed by atoms with Gasteiger partial charge >= 0.3 is 0 Å². The van der Waals surface area contributed by atoms with Crippen LogP contribution in [0.5, 0.6) is 0 Å². The van der Waals surface area contributed by atoms with Gasteiger partial charge in [0, 0.05) is 32.4 Å². The third-order valence-corrected chi connectivity index (χ3v) is 4.83. The number of H-pyrrole nitrogens is 1. The van der Waals surface area contributed by atoms with Crippen LogP contribution in [-0.4, -0.2) is 41.1 Å². The van der Waals surface area contributed by atoms with Crippen LogP contribution in [0.2, 0.25) is 0 Å². The minimum absolute atomic E-state index is 0.0407. The van der Waals surface area contributed by atoms with Gasteiger partial charge in [-0.25, -0.2) is 23.6 Å². The van der Waals surface area contributed by atoms with Crippen LogP contribution in [0.4, 0.5) is 26.0 Å². The zero-order chi connectivity index (χ0) is 18.3. The van der Waals surface area contributed by atoms with Gasteiger partial charge in [0.25, 0.3) is 0 Å². The van der Waals surface area contributed by atoms with E-state index in [0.29, 0.717) is 6.54 Å². The Labute approximate surface area is 148 Å². The SMILES string of the molecule is [C-]#[N+]c1cc(F)c(N(C)[C@@H]2CCN(c3ncnc4[nH]ccc34)C2)c(F)c1. The number of fused-ring (bicyclic) bond motifs is 1. The summed E-state index contributed by atoms with van der Waals surface area (Å²) in [5.41, 5.74) is 0.624. The van der Waals surface area contributed by atoms with Gasteiger partial charge in [0.1, 0.15) is 35.1 Å². The van der Waals surface area contributed by atoms with Crippen molar-refractivity contribution in [1.29, 1.82) is 0 Å². The largest absolute Gasteiger partial charge is 0.365 e. The maximum atomic E-state index is 14.3. The first-order valence-electron chi connectivity index (χ1n) is 8.21. The molecule has 0 radical (unpaired) electrons.